The van der Waals surface area contributed by atoms with Crippen molar-refractivity contribution in [2.75, 3.05) is 20.3 Å². The van der Waals surface area contributed by atoms with E-state index in [1.54, 1.807) is 20.1 Å². The van der Waals surface area contributed by atoms with Crippen LogP contribution < -0.4 is 10.1 Å². The molecule has 1 heterocycles. The minimum Gasteiger partial charge on any atom is -0.484 e. The summed E-state index contributed by atoms with van der Waals surface area (Å²) in [5, 5.41) is 10.5. The van der Waals surface area contributed by atoms with Gasteiger partial charge in [-0.1, -0.05) is 16.4 Å². The van der Waals surface area contributed by atoms with E-state index in [1.165, 1.54) is 6.07 Å². The first-order valence-electron chi connectivity index (χ1n) is 6.59. The van der Waals surface area contributed by atoms with Gasteiger partial charge in [-0.2, -0.15) is 0 Å². The van der Waals surface area contributed by atoms with Gasteiger partial charge in [-0.25, -0.2) is 9.02 Å². The lowest BCUT2D eigenvalue weighted by atomic mass is 10.2. The topological polar surface area (TPSA) is 69.4 Å². The Morgan fingerprint density at radius 3 is 2.86 bits per heavy atom. The number of rotatable bonds is 8. The average molecular weight is 295 g/mol. The number of nitrogens with one attached hydrogen (secondary N) is 1. The molecule has 114 valence electrons. The maximum Gasteiger partial charge on any atom is 0.165 e. The van der Waals surface area contributed by atoms with E-state index in [0.717, 1.165) is 12.1 Å². The molecule has 1 N–H and O–H groups in total. The first kappa shape index (κ1) is 15.4. The smallest absolute Gasteiger partial charge is 0.165 e. The molecule has 6 nitrogen and oxygen atoms in total. The number of halogens is 1. The Hall–Kier alpha value is -1.99. The molecule has 1 aromatic carbocycles. The fourth-order valence-corrected chi connectivity index (χ4v) is 1.70. The van der Waals surface area contributed by atoms with Gasteiger partial charge in [0.25, 0.3) is 0 Å². The van der Waals surface area contributed by atoms with Gasteiger partial charge in [0, 0.05) is 20.2 Å². The van der Waals surface area contributed by atoms with Crippen LogP contribution in [0.1, 0.15) is 17.0 Å². The zero-order valence-corrected chi connectivity index (χ0v) is 12.1. The molecule has 0 atom stereocenters. The molecule has 0 saturated carbocycles. The maximum atomic E-state index is 13.9. The van der Waals surface area contributed by atoms with Gasteiger partial charge in [0.1, 0.15) is 18.0 Å². The van der Waals surface area contributed by atoms with E-state index in [2.05, 4.69) is 20.3 Å². The summed E-state index contributed by atoms with van der Waals surface area (Å²) < 4.78 is 28.8. The molecule has 0 amide bonds. The molecule has 1 aromatic heterocycles. The predicted octanol–water partition coefficient (Wildman–Crippen LogP) is 1.83. The van der Waals surface area contributed by atoms with Gasteiger partial charge in [-0.15, -0.1) is 0 Å². The Kier molecular flexibility index (Phi) is 5.65. The third-order valence-electron chi connectivity index (χ3n) is 2.92. The number of nitrogens with zero attached hydrogens (tertiary/aromatic N) is 2. The van der Waals surface area contributed by atoms with Crippen LogP contribution in [0.4, 0.5) is 4.39 Å². The van der Waals surface area contributed by atoms with Crippen molar-refractivity contribution in [3.63, 3.8) is 0 Å². The molecule has 0 aliphatic heterocycles. The van der Waals surface area contributed by atoms with Crippen LogP contribution in [0.25, 0.3) is 0 Å². The molecule has 7 heteroatoms. The summed E-state index contributed by atoms with van der Waals surface area (Å²) in [4.78, 5) is 0. The molecular formula is C14H18FN3O3. The SMILES string of the molecule is COCCNCc1ccc(OCc2nonc2C)c(F)c1. The van der Waals surface area contributed by atoms with Crippen molar-refractivity contribution in [1.82, 2.24) is 15.6 Å². The zero-order chi connectivity index (χ0) is 15.1. The summed E-state index contributed by atoms with van der Waals surface area (Å²) in [6, 6.07) is 4.86. The fraction of sp³-hybridized carbons (Fsp3) is 0.429. The van der Waals surface area contributed by atoms with Crippen molar-refractivity contribution in [3.8, 4) is 5.75 Å². The zero-order valence-electron chi connectivity index (χ0n) is 12.1. The number of ether oxygens (including phenoxy) is 2. The van der Waals surface area contributed by atoms with Crippen molar-refractivity contribution in [2.24, 2.45) is 0 Å². The first-order valence-corrected chi connectivity index (χ1v) is 6.59. The van der Waals surface area contributed by atoms with Crippen LogP contribution in [0.3, 0.4) is 0 Å². The molecule has 2 aromatic rings. The fourth-order valence-electron chi connectivity index (χ4n) is 1.70. The highest BCUT2D eigenvalue weighted by molar-refractivity contribution is 5.29. The van der Waals surface area contributed by atoms with Crippen molar-refractivity contribution in [2.45, 2.75) is 20.1 Å². The molecule has 0 radical (unpaired) electrons. The third-order valence-corrected chi connectivity index (χ3v) is 2.92. The quantitative estimate of drug-likeness (QED) is 0.749. The van der Waals surface area contributed by atoms with Crippen LogP contribution in [0.15, 0.2) is 22.8 Å². The van der Waals surface area contributed by atoms with Gasteiger partial charge in [0.15, 0.2) is 11.6 Å². The lowest BCUT2D eigenvalue weighted by molar-refractivity contribution is 0.199. The summed E-state index contributed by atoms with van der Waals surface area (Å²) in [6.45, 7) is 3.79. The van der Waals surface area contributed by atoms with E-state index in [4.69, 9.17) is 9.47 Å². The van der Waals surface area contributed by atoms with E-state index in [-0.39, 0.29) is 12.4 Å². The molecule has 0 saturated heterocycles. The van der Waals surface area contributed by atoms with E-state index < -0.39 is 5.82 Å². The molecule has 2 rings (SSSR count). The van der Waals surface area contributed by atoms with Gasteiger partial charge in [-0.05, 0) is 24.6 Å². The highest BCUT2D eigenvalue weighted by Gasteiger charge is 2.09. The van der Waals surface area contributed by atoms with E-state index in [0.29, 0.717) is 24.5 Å². The molecule has 21 heavy (non-hydrogen) atoms. The van der Waals surface area contributed by atoms with Crippen molar-refractivity contribution < 1.29 is 18.5 Å². The minimum atomic E-state index is -0.407. The monoisotopic (exact) mass is 295 g/mol. The molecular weight excluding hydrogens is 277 g/mol. The van der Waals surface area contributed by atoms with Gasteiger partial charge in [0.2, 0.25) is 0 Å². The molecule has 0 fully saturated rings. The van der Waals surface area contributed by atoms with Crippen LogP contribution in [0, 0.1) is 12.7 Å². The van der Waals surface area contributed by atoms with Crippen LogP contribution in [-0.4, -0.2) is 30.6 Å². The molecule has 0 bridgehead atoms. The Morgan fingerprint density at radius 2 is 2.19 bits per heavy atom. The second-order valence-electron chi connectivity index (χ2n) is 4.52. The Balaban J connectivity index is 1.88. The van der Waals surface area contributed by atoms with E-state index in [1.807, 2.05) is 6.07 Å². The summed E-state index contributed by atoms with van der Waals surface area (Å²) in [6.07, 6.45) is 0. The number of benzene rings is 1. The van der Waals surface area contributed by atoms with Crippen molar-refractivity contribution in [3.05, 3.63) is 41.0 Å². The first-order chi connectivity index (χ1) is 10.2. The molecule has 0 spiro atoms. The highest BCUT2D eigenvalue weighted by atomic mass is 19.1. The van der Waals surface area contributed by atoms with Crippen molar-refractivity contribution >= 4 is 0 Å². The van der Waals surface area contributed by atoms with Gasteiger partial charge in [-0.3, -0.25) is 0 Å². The number of aromatic nitrogens is 2. The standard InChI is InChI=1S/C14H18FN3O3/c1-10-13(18-21-17-10)9-20-14-4-3-11(7-12(14)15)8-16-5-6-19-2/h3-4,7,16H,5-6,8-9H2,1-2H3. The van der Waals surface area contributed by atoms with Crippen LogP contribution >= 0.6 is 0 Å². The number of methoxy groups -OCH3 is 1. The lowest BCUT2D eigenvalue weighted by Crippen LogP contribution is -2.18. The lowest BCUT2D eigenvalue weighted by Gasteiger charge is -2.08. The Labute approximate surface area is 122 Å². The number of hydrogen-bond donors (Lipinski definition) is 1. The van der Waals surface area contributed by atoms with Gasteiger partial charge < -0.3 is 14.8 Å². The number of aryl methyl sites for hydroxylation is 1. The van der Waals surface area contributed by atoms with Crippen LogP contribution in [0.5, 0.6) is 5.75 Å². The van der Waals surface area contributed by atoms with E-state index >= 15 is 0 Å². The highest BCUT2D eigenvalue weighted by Crippen LogP contribution is 2.19. The third kappa shape index (κ3) is 4.51. The van der Waals surface area contributed by atoms with Crippen LogP contribution in [-0.2, 0) is 17.9 Å². The summed E-state index contributed by atoms with van der Waals surface area (Å²) in [5.74, 6) is -0.229. The summed E-state index contributed by atoms with van der Waals surface area (Å²) in [5.41, 5.74) is 2.03. The predicted molar refractivity (Wildman–Crippen MR) is 73.3 cm³/mol. The number of hydrogen-bond acceptors (Lipinski definition) is 6. The Morgan fingerprint density at radius 1 is 1.33 bits per heavy atom. The minimum absolute atomic E-state index is 0.123. The van der Waals surface area contributed by atoms with Crippen molar-refractivity contribution in [1.29, 1.82) is 0 Å². The maximum absolute atomic E-state index is 13.9. The van der Waals surface area contributed by atoms with Crippen LogP contribution in [0.2, 0.25) is 0 Å². The van der Waals surface area contributed by atoms with Gasteiger partial charge in [0.05, 0.1) is 6.61 Å². The second-order valence-corrected chi connectivity index (χ2v) is 4.52. The molecule has 0 unspecified atom stereocenters. The van der Waals surface area contributed by atoms with Gasteiger partial charge >= 0.3 is 0 Å². The second kappa shape index (κ2) is 7.70. The van der Waals surface area contributed by atoms with E-state index in [9.17, 15) is 4.39 Å². The summed E-state index contributed by atoms with van der Waals surface area (Å²) >= 11 is 0. The molecule has 0 aliphatic rings. The Bertz CT molecular complexity index is 574. The largest absolute Gasteiger partial charge is 0.484 e. The average Bonchev–Trinajstić information content (AvgIpc) is 2.88. The normalized spacial score (nSPS) is 10.8. The summed E-state index contributed by atoms with van der Waals surface area (Å²) in [7, 11) is 1.64. The molecule has 0 aliphatic carbocycles.